The molecule has 5 nitrogen and oxygen atoms in total. The van der Waals surface area contributed by atoms with Crippen LogP contribution in [0.3, 0.4) is 0 Å². The summed E-state index contributed by atoms with van der Waals surface area (Å²) < 4.78 is 13.5. The maximum Gasteiger partial charge on any atom is 0.255 e. The summed E-state index contributed by atoms with van der Waals surface area (Å²) in [6.45, 7) is 0.361. The van der Waals surface area contributed by atoms with Gasteiger partial charge < -0.3 is 16.4 Å². The van der Waals surface area contributed by atoms with Crippen LogP contribution in [0.2, 0.25) is 0 Å². The van der Waals surface area contributed by atoms with Crippen LogP contribution < -0.4 is 16.4 Å². The fourth-order valence-electron chi connectivity index (χ4n) is 3.49. The van der Waals surface area contributed by atoms with Crippen molar-refractivity contribution in [3.8, 4) is 0 Å². The smallest absolute Gasteiger partial charge is 0.255 e. The predicted molar refractivity (Wildman–Crippen MR) is 138 cm³/mol. The number of benzene rings is 4. The second-order valence-corrected chi connectivity index (χ2v) is 7.90. The molecule has 0 saturated carbocycles. The average Bonchev–Trinajstić information content (AvgIpc) is 2.89. The standard InChI is InChI=1S/C29H24FN3O2/c30-24-16-14-22(15-17-24)25(29(35)32-19-21-6-2-1-3-7-21)18-20-10-12-23(13-11-20)28(34)33-27-9-5-4-8-26(27)31/h1-18H,19,31H2,(H,32,35)(H,33,34)/b25-18+. The van der Waals surface area contributed by atoms with Gasteiger partial charge in [-0.05, 0) is 59.2 Å². The zero-order valence-corrected chi connectivity index (χ0v) is 18.9. The van der Waals surface area contributed by atoms with Crippen molar-refractivity contribution in [3.05, 3.63) is 131 Å². The molecular weight excluding hydrogens is 441 g/mol. The van der Waals surface area contributed by atoms with Crippen molar-refractivity contribution in [2.24, 2.45) is 0 Å². The Morgan fingerprint density at radius 3 is 2.09 bits per heavy atom. The molecule has 0 atom stereocenters. The molecule has 0 heterocycles. The second-order valence-electron chi connectivity index (χ2n) is 7.90. The third-order valence-electron chi connectivity index (χ3n) is 5.39. The molecule has 0 unspecified atom stereocenters. The summed E-state index contributed by atoms with van der Waals surface area (Å²) in [4.78, 5) is 25.7. The second kappa shape index (κ2) is 10.9. The highest BCUT2D eigenvalue weighted by molar-refractivity contribution is 6.24. The molecule has 6 heteroatoms. The molecule has 4 rings (SSSR count). The van der Waals surface area contributed by atoms with E-state index in [9.17, 15) is 14.0 Å². The summed E-state index contributed by atoms with van der Waals surface area (Å²) in [5.74, 6) is -0.966. The van der Waals surface area contributed by atoms with Gasteiger partial charge in [0, 0.05) is 17.7 Å². The minimum Gasteiger partial charge on any atom is -0.397 e. The van der Waals surface area contributed by atoms with Crippen molar-refractivity contribution >= 4 is 34.8 Å². The summed E-state index contributed by atoms with van der Waals surface area (Å²) in [6.07, 6.45) is 1.71. The molecule has 0 aliphatic carbocycles. The number of anilines is 2. The fourth-order valence-corrected chi connectivity index (χ4v) is 3.49. The lowest BCUT2D eigenvalue weighted by molar-refractivity contribution is -0.115. The minimum atomic E-state index is -0.382. The van der Waals surface area contributed by atoms with Crippen molar-refractivity contribution in [3.63, 3.8) is 0 Å². The number of rotatable bonds is 7. The quantitative estimate of drug-likeness (QED) is 0.191. The van der Waals surface area contributed by atoms with Gasteiger partial charge >= 0.3 is 0 Å². The van der Waals surface area contributed by atoms with Crippen molar-refractivity contribution in [1.82, 2.24) is 5.32 Å². The molecule has 0 spiro atoms. The van der Waals surface area contributed by atoms with Gasteiger partial charge in [-0.15, -0.1) is 0 Å². The molecule has 4 aromatic carbocycles. The monoisotopic (exact) mass is 465 g/mol. The largest absolute Gasteiger partial charge is 0.397 e. The number of hydrogen-bond donors (Lipinski definition) is 3. The maximum absolute atomic E-state index is 13.5. The topological polar surface area (TPSA) is 84.2 Å². The van der Waals surface area contributed by atoms with Crippen LogP contribution in [-0.2, 0) is 11.3 Å². The molecule has 4 aromatic rings. The molecular formula is C29H24FN3O2. The van der Waals surface area contributed by atoms with Crippen molar-refractivity contribution in [1.29, 1.82) is 0 Å². The Morgan fingerprint density at radius 2 is 1.40 bits per heavy atom. The van der Waals surface area contributed by atoms with Gasteiger partial charge in [0.1, 0.15) is 5.82 Å². The number of carbonyl (C=O) groups excluding carboxylic acids is 2. The van der Waals surface area contributed by atoms with E-state index in [0.717, 1.165) is 11.1 Å². The summed E-state index contributed by atoms with van der Waals surface area (Å²) in [5.41, 5.74) is 10.0. The van der Waals surface area contributed by atoms with E-state index in [0.29, 0.717) is 34.6 Å². The lowest BCUT2D eigenvalue weighted by atomic mass is 10.0. The van der Waals surface area contributed by atoms with E-state index < -0.39 is 0 Å². The van der Waals surface area contributed by atoms with E-state index in [2.05, 4.69) is 10.6 Å². The van der Waals surface area contributed by atoms with Crippen LogP contribution in [0.25, 0.3) is 11.6 Å². The van der Waals surface area contributed by atoms with Gasteiger partial charge in [0.25, 0.3) is 11.8 Å². The number of para-hydroxylation sites is 2. The Morgan fingerprint density at radius 1 is 0.771 bits per heavy atom. The average molecular weight is 466 g/mol. The van der Waals surface area contributed by atoms with Crippen LogP contribution in [0.15, 0.2) is 103 Å². The van der Waals surface area contributed by atoms with Gasteiger partial charge in [0.05, 0.1) is 11.4 Å². The molecule has 2 amide bonds. The fraction of sp³-hybridized carbons (Fsp3) is 0.0345. The lowest BCUT2D eigenvalue weighted by Crippen LogP contribution is -2.23. The van der Waals surface area contributed by atoms with Crippen molar-refractivity contribution in [2.45, 2.75) is 6.54 Å². The summed E-state index contributed by atoms with van der Waals surface area (Å²) in [5, 5.41) is 5.71. The van der Waals surface area contributed by atoms with Gasteiger partial charge in [-0.25, -0.2) is 4.39 Å². The zero-order valence-electron chi connectivity index (χ0n) is 18.9. The number of nitrogen functional groups attached to an aromatic ring is 1. The molecule has 0 aliphatic rings. The van der Waals surface area contributed by atoms with E-state index in [-0.39, 0.29) is 17.6 Å². The predicted octanol–water partition coefficient (Wildman–Crippen LogP) is 5.52. The number of halogens is 1. The summed E-state index contributed by atoms with van der Waals surface area (Å²) >= 11 is 0. The highest BCUT2D eigenvalue weighted by Crippen LogP contribution is 2.21. The molecule has 174 valence electrons. The first-order chi connectivity index (χ1) is 17.0. The van der Waals surface area contributed by atoms with Gasteiger partial charge in [-0.1, -0.05) is 66.7 Å². The molecule has 35 heavy (non-hydrogen) atoms. The van der Waals surface area contributed by atoms with E-state index in [4.69, 9.17) is 5.73 Å². The Hall–Kier alpha value is -4.71. The van der Waals surface area contributed by atoms with E-state index in [1.807, 2.05) is 30.3 Å². The molecule has 0 bridgehead atoms. The SMILES string of the molecule is Nc1ccccc1NC(=O)c1ccc(/C=C(/C(=O)NCc2ccccc2)c2ccc(F)cc2)cc1. The van der Waals surface area contributed by atoms with E-state index >= 15 is 0 Å². The zero-order chi connectivity index (χ0) is 24.6. The molecule has 0 fully saturated rings. The molecule has 4 N–H and O–H groups in total. The molecule has 0 aromatic heterocycles. The number of hydrogen-bond acceptors (Lipinski definition) is 3. The normalized spacial score (nSPS) is 11.1. The first-order valence-corrected chi connectivity index (χ1v) is 11.1. The first-order valence-electron chi connectivity index (χ1n) is 11.1. The van der Waals surface area contributed by atoms with Crippen LogP contribution in [0.4, 0.5) is 15.8 Å². The van der Waals surface area contributed by atoms with Gasteiger partial charge in [-0.2, -0.15) is 0 Å². The van der Waals surface area contributed by atoms with Crippen molar-refractivity contribution < 1.29 is 14.0 Å². The number of carbonyl (C=O) groups is 2. The third-order valence-corrected chi connectivity index (χ3v) is 5.39. The maximum atomic E-state index is 13.5. The highest BCUT2D eigenvalue weighted by Gasteiger charge is 2.13. The van der Waals surface area contributed by atoms with Crippen LogP contribution >= 0.6 is 0 Å². The van der Waals surface area contributed by atoms with Crippen molar-refractivity contribution in [2.75, 3.05) is 11.1 Å². The van der Waals surface area contributed by atoms with E-state index in [1.54, 1.807) is 66.7 Å². The number of nitrogens with two attached hydrogens (primary N) is 1. The Labute approximate surface area is 203 Å². The summed E-state index contributed by atoms with van der Waals surface area (Å²) in [7, 11) is 0. The van der Waals surface area contributed by atoms with Crippen LogP contribution in [0, 0.1) is 5.82 Å². The molecule has 0 saturated heterocycles. The van der Waals surface area contributed by atoms with Crippen LogP contribution in [-0.4, -0.2) is 11.8 Å². The van der Waals surface area contributed by atoms with Gasteiger partial charge in [0.15, 0.2) is 0 Å². The summed E-state index contributed by atoms with van der Waals surface area (Å²) in [6, 6.07) is 29.2. The number of nitrogens with one attached hydrogen (secondary N) is 2. The Bertz CT molecular complexity index is 1350. The Kier molecular flexibility index (Phi) is 7.33. The van der Waals surface area contributed by atoms with Gasteiger partial charge in [0.2, 0.25) is 0 Å². The minimum absolute atomic E-state index is 0.290. The third kappa shape index (κ3) is 6.21. The van der Waals surface area contributed by atoms with Crippen LogP contribution in [0.5, 0.6) is 0 Å². The highest BCUT2D eigenvalue weighted by atomic mass is 19.1. The number of amides is 2. The van der Waals surface area contributed by atoms with Crippen LogP contribution in [0.1, 0.15) is 27.0 Å². The Balaban J connectivity index is 1.55. The lowest BCUT2D eigenvalue weighted by Gasteiger charge is -2.11. The van der Waals surface area contributed by atoms with Gasteiger partial charge in [-0.3, -0.25) is 9.59 Å². The first kappa shape index (κ1) is 23.4. The van der Waals surface area contributed by atoms with E-state index in [1.165, 1.54) is 12.1 Å². The molecule has 0 radical (unpaired) electrons. The molecule has 0 aliphatic heterocycles.